The third-order valence-corrected chi connectivity index (χ3v) is 5.16. The van der Waals surface area contributed by atoms with E-state index in [4.69, 9.17) is 33.0 Å². The lowest BCUT2D eigenvalue weighted by atomic mass is 9.95. The second-order valence-corrected chi connectivity index (χ2v) is 6.81. The minimum Gasteiger partial charge on any atom is -0.492 e. The summed E-state index contributed by atoms with van der Waals surface area (Å²) in [5, 5.41) is 8.92. The summed E-state index contributed by atoms with van der Waals surface area (Å²) < 4.78 is 18.7. The maximum absolute atomic E-state index is 13.1. The molecule has 1 atom stereocenters. The van der Waals surface area contributed by atoms with Crippen LogP contribution in [0.5, 0.6) is 5.75 Å². The Hall–Kier alpha value is -2.11. The number of rotatable bonds is 6. The van der Waals surface area contributed by atoms with Crippen molar-refractivity contribution in [3.63, 3.8) is 0 Å². The molecule has 1 N–H and O–H groups in total. The standard InChI is InChI=1S/C19H15Cl2FO4/c20-17-14(26-7-1-2-15(23)24)9-11-8-13(19(25)16(11)18(17)21)10-3-5-12(22)6-4-10/h3-6,9,13H,1-2,7-8H2,(H,23,24). The van der Waals surface area contributed by atoms with Gasteiger partial charge in [-0.3, -0.25) is 9.59 Å². The van der Waals surface area contributed by atoms with Crippen molar-refractivity contribution in [3.8, 4) is 5.75 Å². The van der Waals surface area contributed by atoms with Crippen molar-refractivity contribution in [2.24, 2.45) is 0 Å². The van der Waals surface area contributed by atoms with Gasteiger partial charge in [0.2, 0.25) is 0 Å². The van der Waals surface area contributed by atoms with Crippen LogP contribution in [0.4, 0.5) is 4.39 Å². The quantitative estimate of drug-likeness (QED) is 0.705. The van der Waals surface area contributed by atoms with Crippen molar-refractivity contribution in [3.05, 3.63) is 62.9 Å². The van der Waals surface area contributed by atoms with E-state index in [0.717, 1.165) is 0 Å². The Bertz CT molecular complexity index is 865. The molecule has 3 rings (SSSR count). The van der Waals surface area contributed by atoms with Crippen LogP contribution in [0.15, 0.2) is 30.3 Å². The first-order chi connectivity index (χ1) is 12.4. The van der Waals surface area contributed by atoms with Crippen LogP contribution in [-0.4, -0.2) is 23.5 Å². The molecule has 136 valence electrons. The Morgan fingerprint density at radius 3 is 2.58 bits per heavy atom. The number of carbonyl (C=O) groups excluding carboxylic acids is 1. The molecule has 2 aromatic carbocycles. The summed E-state index contributed by atoms with van der Waals surface area (Å²) in [6, 6.07) is 7.48. The molecule has 0 spiro atoms. The van der Waals surface area contributed by atoms with Crippen molar-refractivity contribution in [2.45, 2.75) is 25.2 Å². The second kappa shape index (κ2) is 7.64. The van der Waals surface area contributed by atoms with Gasteiger partial charge < -0.3 is 9.84 Å². The lowest BCUT2D eigenvalue weighted by molar-refractivity contribution is -0.137. The fourth-order valence-electron chi connectivity index (χ4n) is 3.04. The van der Waals surface area contributed by atoms with Gasteiger partial charge in [0.1, 0.15) is 16.6 Å². The molecule has 0 saturated heterocycles. The van der Waals surface area contributed by atoms with E-state index >= 15 is 0 Å². The first-order valence-corrected chi connectivity index (χ1v) is 8.79. The zero-order valence-electron chi connectivity index (χ0n) is 13.6. The van der Waals surface area contributed by atoms with E-state index in [1.165, 1.54) is 12.1 Å². The number of aliphatic carboxylic acids is 1. The normalized spacial score (nSPS) is 15.8. The highest BCUT2D eigenvalue weighted by molar-refractivity contribution is 6.45. The number of hydrogen-bond acceptors (Lipinski definition) is 3. The van der Waals surface area contributed by atoms with E-state index in [-0.39, 0.29) is 34.7 Å². The lowest BCUT2D eigenvalue weighted by Crippen LogP contribution is -2.07. The smallest absolute Gasteiger partial charge is 0.303 e. The van der Waals surface area contributed by atoms with Crippen molar-refractivity contribution in [2.75, 3.05) is 6.61 Å². The Kier molecular flexibility index (Phi) is 5.49. The summed E-state index contributed by atoms with van der Waals surface area (Å²) in [5.41, 5.74) is 1.79. The van der Waals surface area contributed by atoms with Crippen LogP contribution in [0.3, 0.4) is 0 Å². The van der Waals surface area contributed by atoms with Gasteiger partial charge in [0.05, 0.1) is 17.5 Å². The minimum absolute atomic E-state index is 0.0125. The molecule has 0 saturated carbocycles. The number of fused-ring (bicyclic) bond motifs is 1. The molecule has 0 aromatic heterocycles. The van der Waals surface area contributed by atoms with E-state index in [1.54, 1.807) is 18.2 Å². The molecule has 4 nitrogen and oxygen atoms in total. The summed E-state index contributed by atoms with van der Waals surface area (Å²) >= 11 is 12.5. The SMILES string of the molecule is O=C(O)CCCOc1cc2c(c(Cl)c1Cl)C(=O)C(c1ccc(F)cc1)C2. The van der Waals surface area contributed by atoms with Gasteiger partial charge in [0, 0.05) is 12.0 Å². The Labute approximate surface area is 159 Å². The van der Waals surface area contributed by atoms with Crippen molar-refractivity contribution < 1.29 is 23.8 Å². The van der Waals surface area contributed by atoms with Crippen LogP contribution in [0.25, 0.3) is 0 Å². The van der Waals surface area contributed by atoms with Crippen molar-refractivity contribution in [1.29, 1.82) is 0 Å². The Morgan fingerprint density at radius 2 is 1.92 bits per heavy atom. The Morgan fingerprint density at radius 1 is 1.23 bits per heavy atom. The van der Waals surface area contributed by atoms with E-state index < -0.39 is 11.9 Å². The summed E-state index contributed by atoms with van der Waals surface area (Å²) in [7, 11) is 0. The molecule has 26 heavy (non-hydrogen) atoms. The molecule has 0 heterocycles. The van der Waals surface area contributed by atoms with Gasteiger partial charge in [-0.05, 0) is 42.2 Å². The third-order valence-electron chi connectivity index (χ3n) is 4.31. The number of carbonyl (C=O) groups is 2. The Balaban J connectivity index is 1.83. The number of Topliss-reactive ketones (excluding diaryl/α,β-unsaturated/α-hetero) is 1. The van der Waals surface area contributed by atoms with Gasteiger partial charge in [-0.15, -0.1) is 0 Å². The highest BCUT2D eigenvalue weighted by atomic mass is 35.5. The fraction of sp³-hybridized carbons (Fsp3) is 0.263. The van der Waals surface area contributed by atoms with Crippen LogP contribution in [0, 0.1) is 5.82 Å². The first kappa shape index (κ1) is 18.7. The number of hydrogen-bond donors (Lipinski definition) is 1. The fourth-order valence-corrected chi connectivity index (χ4v) is 3.55. The van der Waals surface area contributed by atoms with E-state index in [0.29, 0.717) is 35.3 Å². The molecule has 0 bridgehead atoms. The third kappa shape index (κ3) is 3.69. The average molecular weight is 397 g/mol. The van der Waals surface area contributed by atoms with Crippen molar-refractivity contribution in [1.82, 2.24) is 0 Å². The van der Waals surface area contributed by atoms with Gasteiger partial charge in [0.25, 0.3) is 0 Å². The molecule has 1 aliphatic rings. The molecule has 1 aliphatic carbocycles. The largest absolute Gasteiger partial charge is 0.492 e. The second-order valence-electron chi connectivity index (χ2n) is 6.06. The topological polar surface area (TPSA) is 63.6 Å². The molecule has 7 heteroatoms. The van der Waals surface area contributed by atoms with Gasteiger partial charge >= 0.3 is 5.97 Å². The van der Waals surface area contributed by atoms with E-state index in [9.17, 15) is 14.0 Å². The summed E-state index contributed by atoms with van der Waals surface area (Å²) in [5.74, 6) is -1.54. The molecule has 0 fully saturated rings. The number of benzene rings is 2. The molecule has 2 aromatic rings. The number of ether oxygens (including phenoxy) is 1. The monoisotopic (exact) mass is 396 g/mol. The predicted octanol–water partition coefficient (Wildman–Crippen LogP) is 4.90. The summed E-state index contributed by atoms with van der Waals surface area (Å²) in [4.78, 5) is 23.3. The van der Waals surface area contributed by atoms with Gasteiger partial charge in [-0.1, -0.05) is 35.3 Å². The highest BCUT2D eigenvalue weighted by Gasteiger charge is 2.35. The average Bonchev–Trinajstić information content (AvgIpc) is 2.93. The number of carboxylic acids is 1. The zero-order valence-corrected chi connectivity index (χ0v) is 15.1. The van der Waals surface area contributed by atoms with Crippen LogP contribution in [0.1, 0.15) is 40.2 Å². The minimum atomic E-state index is -0.903. The molecule has 0 amide bonds. The van der Waals surface area contributed by atoms with Crippen LogP contribution >= 0.6 is 23.2 Å². The van der Waals surface area contributed by atoms with Gasteiger partial charge in [0.15, 0.2) is 5.78 Å². The number of ketones is 1. The predicted molar refractivity (Wildman–Crippen MR) is 96.0 cm³/mol. The maximum Gasteiger partial charge on any atom is 0.303 e. The summed E-state index contributed by atoms with van der Waals surface area (Å²) in [6.07, 6.45) is 0.737. The molecular formula is C19H15Cl2FO4. The van der Waals surface area contributed by atoms with Crippen LogP contribution in [-0.2, 0) is 11.2 Å². The highest BCUT2D eigenvalue weighted by Crippen LogP contribution is 2.44. The number of halogens is 3. The van der Waals surface area contributed by atoms with Crippen LogP contribution < -0.4 is 4.74 Å². The molecular weight excluding hydrogens is 382 g/mol. The number of carboxylic acid groups (broad SMARTS) is 1. The molecule has 0 aliphatic heterocycles. The summed E-state index contributed by atoms with van der Waals surface area (Å²) in [6.45, 7) is 0.177. The zero-order chi connectivity index (χ0) is 18.8. The maximum atomic E-state index is 13.1. The van der Waals surface area contributed by atoms with Crippen LogP contribution in [0.2, 0.25) is 10.0 Å². The first-order valence-electron chi connectivity index (χ1n) is 8.03. The van der Waals surface area contributed by atoms with Gasteiger partial charge in [-0.25, -0.2) is 4.39 Å². The van der Waals surface area contributed by atoms with E-state index in [2.05, 4.69) is 0 Å². The lowest BCUT2D eigenvalue weighted by Gasteiger charge is -2.11. The van der Waals surface area contributed by atoms with Crippen molar-refractivity contribution >= 4 is 35.0 Å². The van der Waals surface area contributed by atoms with Gasteiger partial charge in [-0.2, -0.15) is 0 Å². The molecule has 0 radical (unpaired) electrons. The van der Waals surface area contributed by atoms with E-state index in [1.807, 2.05) is 0 Å². The molecule has 1 unspecified atom stereocenters.